The molecule has 1 amide bonds. The van der Waals surface area contributed by atoms with Crippen LogP contribution in [0.1, 0.15) is 11.3 Å². The molecule has 4 rings (SSSR count). The maximum atomic E-state index is 13.0. The molecule has 0 saturated carbocycles. The third-order valence-electron chi connectivity index (χ3n) is 5.81. The van der Waals surface area contributed by atoms with E-state index in [-0.39, 0.29) is 33.1 Å². The molecule has 0 spiro atoms. The van der Waals surface area contributed by atoms with Crippen LogP contribution in [0.15, 0.2) is 98.1 Å². The number of amides is 1. The van der Waals surface area contributed by atoms with Gasteiger partial charge in [-0.25, -0.2) is 14.4 Å². The molecule has 2 aromatic carbocycles. The topological polar surface area (TPSA) is 246 Å². The number of aromatic nitrogens is 2. The average molecular weight is 633 g/mol. The molecule has 3 aromatic rings. The molecule has 1 aliphatic heterocycles. The van der Waals surface area contributed by atoms with Crippen molar-refractivity contribution in [2.75, 3.05) is 5.01 Å². The molecule has 2 heterocycles. The second kappa shape index (κ2) is 12.1. The van der Waals surface area contributed by atoms with Crippen LogP contribution in [0.5, 0.6) is 0 Å². The Balaban J connectivity index is 1.58. The van der Waals surface area contributed by atoms with Crippen LogP contribution in [0.25, 0.3) is 11.8 Å². The number of aliphatic carboxylic acids is 1. The zero-order valence-electron chi connectivity index (χ0n) is 21.4. The van der Waals surface area contributed by atoms with E-state index in [1.807, 2.05) is 0 Å². The number of benzene rings is 2. The van der Waals surface area contributed by atoms with E-state index in [0.29, 0.717) is 0 Å². The number of carboxylic acid groups (broad SMARTS) is 1. The van der Waals surface area contributed by atoms with Crippen molar-refractivity contribution in [1.29, 1.82) is 0 Å². The fourth-order valence-corrected chi connectivity index (χ4v) is 4.78. The summed E-state index contributed by atoms with van der Waals surface area (Å²) in [7, 11) is -8.94. The summed E-state index contributed by atoms with van der Waals surface area (Å²) in [6.07, 6.45) is 6.53. The largest absolute Gasteiger partial charge is 0.476 e. The molecule has 1 aliphatic rings. The van der Waals surface area contributed by atoms with Gasteiger partial charge in [0.2, 0.25) is 0 Å². The Morgan fingerprint density at radius 3 is 1.95 bits per heavy atom. The molecule has 0 fully saturated rings. The van der Waals surface area contributed by atoms with E-state index in [0.717, 1.165) is 52.2 Å². The van der Waals surface area contributed by atoms with E-state index < -0.39 is 54.9 Å². The van der Waals surface area contributed by atoms with E-state index in [2.05, 4.69) is 15.1 Å². The molecular formula is C25H20N4O12S2. The van der Waals surface area contributed by atoms with Crippen LogP contribution in [-0.2, 0) is 41.3 Å². The summed E-state index contributed by atoms with van der Waals surface area (Å²) in [6, 6.07) is 9.03. The number of H-pyrrole nitrogens is 1. The van der Waals surface area contributed by atoms with Crippen molar-refractivity contribution in [1.82, 2.24) is 9.78 Å². The number of carbonyl (C=O) groups is 2. The number of hydrogen-bond acceptors (Lipinski definition) is 10. The molecule has 0 atom stereocenters. The number of nitrogens with zero attached hydrogens (tertiary/aromatic N) is 3. The predicted octanol–water partition coefficient (Wildman–Crippen LogP) is 1.63. The minimum atomic E-state index is -4.49. The van der Waals surface area contributed by atoms with Crippen molar-refractivity contribution in [3.63, 3.8) is 0 Å². The van der Waals surface area contributed by atoms with Crippen LogP contribution in [0, 0.1) is 0 Å². The quantitative estimate of drug-likeness (QED) is 0.0704. The molecule has 18 heteroatoms. The number of aromatic amines is 1. The highest BCUT2D eigenvalue weighted by atomic mass is 32.2. The van der Waals surface area contributed by atoms with Crippen molar-refractivity contribution in [2.45, 2.75) is 16.4 Å². The Kier molecular flexibility index (Phi) is 8.71. The van der Waals surface area contributed by atoms with Crippen LogP contribution in [-0.4, -0.2) is 63.7 Å². The second-order valence-electron chi connectivity index (χ2n) is 8.55. The normalized spacial score (nSPS) is 15.2. The lowest BCUT2D eigenvalue weighted by atomic mass is 10.1. The Hall–Kier alpha value is -4.98. The average Bonchev–Trinajstić information content (AvgIpc) is 3.44. The summed E-state index contributed by atoms with van der Waals surface area (Å²) in [4.78, 5) is 40.9. The van der Waals surface area contributed by atoms with Crippen LogP contribution >= 0.6 is 0 Å². The number of rotatable bonds is 10. The van der Waals surface area contributed by atoms with Crippen molar-refractivity contribution in [3.8, 4) is 5.69 Å². The highest BCUT2D eigenvalue weighted by molar-refractivity contribution is 7.86. The van der Waals surface area contributed by atoms with Crippen molar-refractivity contribution in [2.24, 2.45) is 5.10 Å². The molecule has 0 aliphatic carbocycles. The van der Waals surface area contributed by atoms with Gasteiger partial charge in [0, 0.05) is 0 Å². The van der Waals surface area contributed by atoms with E-state index in [9.17, 15) is 36.3 Å². The van der Waals surface area contributed by atoms with E-state index in [4.69, 9.17) is 14.4 Å². The van der Waals surface area contributed by atoms with Gasteiger partial charge in [-0.05, 0) is 60.7 Å². The highest BCUT2D eigenvalue weighted by Gasteiger charge is 2.34. The number of anilines is 1. The number of hydrazone groups is 1. The van der Waals surface area contributed by atoms with Gasteiger partial charge in [-0.2, -0.15) is 26.9 Å². The number of nitrogens with one attached hydrogen (secondary N) is 1. The van der Waals surface area contributed by atoms with E-state index in [1.54, 1.807) is 0 Å². The monoisotopic (exact) mass is 632 g/mol. The van der Waals surface area contributed by atoms with Crippen molar-refractivity contribution >= 4 is 49.6 Å². The van der Waals surface area contributed by atoms with Crippen LogP contribution in [0.2, 0.25) is 0 Å². The zero-order valence-corrected chi connectivity index (χ0v) is 23.1. The first kappa shape index (κ1) is 31.0. The first-order chi connectivity index (χ1) is 20.2. The number of hydrogen-bond donors (Lipinski definition) is 5. The van der Waals surface area contributed by atoms with Gasteiger partial charge in [0.1, 0.15) is 6.61 Å². The first-order valence-corrected chi connectivity index (χ1v) is 14.6. The fraction of sp³-hybridized carbons (Fsp3) is 0.0400. The Labute approximate surface area is 242 Å². The van der Waals surface area contributed by atoms with Gasteiger partial charge in [0.25, 0.3) is 31.7 Å². The molecule has 0 bridgehead atoms. The molecule has 16 nitrogen and oxygen atoms in total. The minimum Gasteiger partial charge on any atom is -0.476 e. The van der Waals surface area contributed by atoms with Crippen molar-refractivity contribution < 1.29 is 50.8 Å². The van der Waals surface area contributed by atoms with Gasteiger partial charge in [-0.15, -0.1) is 0 Å². The highest BCUT2D eigenvalue weighted by Crippen LogP contribution is 2.25. The third kappa shape index (κ3) is 6.75. The van der Waals surface area contributed by atoms with Gasteiger partial charge in [-0.1, -0.05) is 18.2 Å². The van der Waals surface area contributed by atoms with Gasteiger partial charge < -0.3 is 5.11 Å². The standard InChI is InChI=1S/C25H20N4O12S2/c30-23-19(21(14-41-34)26-28(23)15-6-10-17(11-7-15)42(35,36)37)4-2-1-3-5-20-22(25(32)33)27-29(24(20)31)16-8-12-18(13-9-16)43(38,39)40/h1-13,26,34H,14H2,(H,32,33)(H,35,36,37)(H,38,39,40)/b3-1+,4-2+,20-5+. The smallest absolute Gasteiger partial charge is 0.357 e. The molecule has 0 radical (unpaired) electrons. The molecule has 5 N–H and O–H groups in total. The molecule has 43 heavy (non-hydrogen) atoms. The lowest BCUT2D eigenvalue weighted by Gasteiger charge is -2.11. The molecular weight excluding hydrogens is 612 g/mol. The minimum absolute atomic E-state index is 0.0365. The second-order valence-corrected chi connectivity index (χ2v) is 11.4. The summed E-state index contributed by atoms with van der Waals surface area (Å²) in [5.41, 5.74) is -1.09. The number of allylic oxidation sites excluding steroid dienone is 4. The summed E-state index contributed by atoms with van der Waals surface area (Å²) in [5, 5.41) is 25.7. The van der Waals surface area contributed by atoms with Crippen molar-refractivity contribution in [3.05, 3.63) is 100 Å². The van der Waals surface area contributed by atoms with E-state index >= 15 is 0 Å². The van der Waals surface area contributed by atoms with Crippen LogP contribution in [0.4, 0.5) is 5.69 Å². The Morgan fingerprint density at radius 2 is 1.44 bits per heavy atom. The summed E-state index contributed by atoms with van der Waals surface area (Å²) < 4.78 is 64.3. The van der Waals surface area contributed by atoms with Crippen LogP contribution in [0.3, 0.4) is 0 Å². The number of carbonyl (C=O) groups excluding carboxylic acids is 1. The van der Waals surface area contributed by atoms with Gasteiger partial charge in [0.05, 0.1) is 38.0 Å². The SMILES string of the molecule is O=C(O)C1=NN(c2ccc(S(=O)(=O)O)cc2)C(=O)/C1=C/C=C/C=C/c1c(COO)[nH]n(-c2ccc(S(=O)(=O)O)cc2)c1=O. The predicted molar refractivity (Wildman–Crippen MR) is 149 cm³/mol. The third-order valence-corrected chi connectivity index (χ3v) is 7.55. The Bertz CT molecular complexity index is 1990. The maximum Gasteiger partial charge on any atom is 0.357 e. The maximum absolute atomic E-state index is 13.0. The molecule has 224 valence electrons. The Morgan fingerprint density at radius 1 is 0.884 bits per heavy atom. The molecule has 0 saturated heterocycles. The van der Waals surface area contributed by atoms with Gasteiger partial charge >= 0.3 is 5.97 Å². The van der Waals surface area contributed by atoms with E-state index in [1.165, 1.54) is 36.4 Å². The number of carboxylic acids is 1. The lowest BCUT2D eigenvalue weighted by molar-refractivity contribution is -0.253. The van der Waals surface area contributed by atoms with Crippen LogP contribution < -0.4 is 10.6 Å². The fourth-order valence-electron chi connectivity index (χ4n) is 3.82. The molecule has 1 aromatic heterocycles. The summed E-state index contributed by atoms with van der Waals surface area (Å²) in [6.45, 7) is -0.424. The van der Waals surface area contributed by atoms with Gasteiger partial charge in [-0.3, -0.25) is 29.1 Å². The summed E-state index contributed by atoms with van der Waals surface area (Å²) >= 11 is 0. The molecule has 0 unspecified atom stereocenters. The lowest BCUT2D eigenvalue weighted by Crippen LogP contribution is -2.22. The zero-order chi connectivity index (χ0) is 31.5. The van der Waals surface area contributed by atoms with Gasteiger partial charge in [0.15, 0.2) is 5.71 Å². The first-order valence-electron chi connectivity index (χ1n) is 11.7. The summed E-state index contributed by atoms with van der Waals surface area (Å²) in [5.74, 6) is -2.34.